The van der Waals surface area contributed by atoms with Crippen molar-refractivity contribution in [1.29, 1.82) is 0 Å². The van der Waals surface area contributed by atoms with Gasteiger partial charge in [0.1, 0.15) is 17.2 Å². The van der Waals surface area contributed by atoms with E-state index in [4.69, 9.17) is 22.1 Å². The number of carbonyl (C=O) groups is 2. The van der Waals surface area contributed by atoms with Gasteiger partial charge in [0.25, 0.3) is 0 Å². The number of aromatic hydroxyl groups is 3. The molecule has 0 unspecified atom stereocenters. The summed E-state index contributed by atoms with van der Waals surface area (Å²) in [5.41, 5.74) is 32.8. The third-order valence-electron chi connectivity index (χ3n) is 8.51. The van der Waals surface area contributed by atoms with E-state index in [1.54, 1.807) is 60.7 Å². The third kappa shape index (κ3) is 8.76. The van der Waals surface area contributed by atoms with Gasteiger partial charge >= 0.3 is 0 Å². The Balaban J connectivity index is 0.000000308. The standard InChI is InChI=1S/C29H28O3.C10H6O2.2N3/c1-28(2,21-8-14-25(30)15-9-21)20-4-6-22(7-5-20)29(3,23-10-16-26(31)17-11-23)24-12-18-27(32)19-13-24;11-9-5-6-10(12)8-4-2-1-3-7(8)9;2*1-3-2/h4-19,30-32H,1-3H3;1-6H;;/q;;2*-1. The molecule has 11 heteroatoms. The predicted molar refractivity (Wildman–Crippen MR) is 193 cm³/mol. The van der Waals surface area contributed by atoms with E-state index in [2.05, 4.69) is 45.0 Å². The number of hydrogen-bond donors (Lipinski definition) is 3. The van der Waals surface area contributed by atoms with Crippen molar-refractivity contribution in [3.8, 4) is 17.2 Å². The van der Waals surface area contributed by atoms with E-state index in [0.29, 0.717) is 11.1 Å². The fourth-order valence-electron chi connectivity index (χ4n) is 5.60. The number of carbonyl (C=O) groups excluding carboxylic acids is 2. The first-order chi connectivity index (χ1) is 23.8. The van der Waals surface area contributed by atoms with Gasteiger partial charge in [-0.05, 0) is 83.3 Å². The van der Waals surface area contributed by atoms with Crippen LogP contribution in [0.4, 0.5) is 0 Å². The molecular weight excluding hydrogens is 632 g/mol. The van der Waals surface area contributed by atoms with Gasteiger partial charge in [0.2, 0.25) is 0 Å². The first-order valence-electron chi connectivity index (χ1n) is 15.2. The van der Waals surface area contributed by atoms with Crippen LogP contribution in [0.5, 0.6) is 17.2 Å². The Hall–Kier alpha value is -6.80. The minimum absolute atomic E-state index is 0.0924. The highest BCUT2D eigenvalue weighted by molar-refractivity contribution is 6.21. The van der Waals surface area contributed by atoms with Gasteiger partial charge in [-0.15, -0.1) is 0 Å². The predicted octanol–water partition coefficient (Wildman–Crippen LogP) is 9.84. The number of phenols is 3. The second-order valence-corrected chi connectivity index (χ2v) is 11.8. The lowest BCUT2D eigenvalue weighted by Crippen LogP contribution is -2.26. The van der Waals surface area contributed by atoms with Crippen LogP contribution < -0.4 is 0 Å². The molecule has 0 amide bonds. The second-order valence-electron chi connectivity index (χ2n) is 11.8. The molecule has 0 bridgehead atoms. The SMILES string of the molecule is CC(C)(c1ccc(O)cc1)c1ccc(C(C)(c2ccc(O)cc2)c2ccc(O)cc2)cc1.O=C1C=CC(=O)c2ccccc21.[N-]=[N+]=[N-].[N-]=[N+]=[N-]. The summed E-state index contributed by atoms with van der Waals surface area (Å²) in [6.07, 6.45) is 2.62. The summed E-state index contributed by atoms with van der Waals surface area (Å²) in [7, 11) is 0. The smallest absolute Gasteiger partial charge is 0.186 e. The lowest BCUT2D eigenvalue weighted by molar-refractivity contribution is 0.0994. The maximum absolute atomic E-state index is 11.2. The molecule has 1 aliphatic carbocycles. The van der Waals surface area contributed by atoms with E-state index in [1.807, 2.05) is 36.4 Å². The van der Waals surface area contributed by atoms with E-state index in [0.717, 1.165) is 22.3 Å². The number of benzene rings is 5. The van der Waals surface area contributed by atoms with Gasteiger partial charge in [0.15, 0.2) is 11.6 Å². The molecule has 0 atom stereocenters. The Bertz CT molecular complexity index is 1930. The molecule has 5 aromatic rings. The van der Waals surface area contributed by atoms with Gasteiger partial charge < -0.3 is 37.4 Å². The lowest BCUT2D eigenvalue weighted by Gasteiger charge is -2.33. The van der Waals surface area contributed by atoms with Crippen molar-refractivity contribution >= 4 is 11.6 Å². The van der Waals surface area contributed by atoms with Crippen LogP contribution in [0.2, 0.25) is 0 Å². The maximum atomic E-state index is 11.2. The molecule has 0 saturated carbocycles. The quantitative estimate of drug-likeness (QED) is 0.0720. The van der Waals surface area contributed by atoms with Crippen LogP contribution in [0, 0.1) is 0 Å². The van der Waals surface area contributed by atoms with Gasteiger partial charge in [-0.25, -0.2) is 0 Å². The minimum atomic E-state index is -0.470. The summed E-state index contributed by atoms with van der Waals surface area (Å²) < 4.78 is 0. The average molecular weight is 667 g/mol. The van der Waals surface area contributed by atoms with E-state index < -0.39 is 5.41 Å². The van der Waals surface area contributed by atoms with Gasteiger partial charge in [-0.1, -0.05) is 98.8 Å². The number of ketones is 2. The molecule has 1 aliphatic rings. The van der Waals surface area contributed by atoms with Crippen molar-refractivity contribution in [3.63, 3.8) is 0 Å². The summed E-state index contributed by atoms with van der Waals surface area (Å²) in [4.78, 5) is 25.4. The van der Waals surface area contributed by atoms with Crippen molar-refractivity contribution in [2.75, 3.05) is 0 Å². The van der Waals surface area contributed by atoms with Crippen LogP contribution in [-0.2, 0) is 10.8 Å². The molecule has 0 aromatic heterocycles. The van der Waals surface area contributed by atoms with Crippen molar-refractivity contribution in [2.45, 2.75) is 31.6 Å². The average Bonchev–Trinajstić information content (AvgIpc) is 3.11. The monoisotopic (exact) mass is 666 g/mol. The molecular formula is C39H34N6O5-2. The Morgan fingerprint density at radius 1 is 0.440 bits per heavy atom. The maximum Gasteiger partial charge on any atom is 0.186 e. The van der Waals surface area contributed by atoms with E-state index in [-0.39, 0.29) is 34.2 Å². The molecule has 6 rings (SSSR count). The molecule has 5 aromatic carbocycles. The third-order valence-corrected chi connectivity index (χ3v) is 8.51. The van der Waals surface area contributed by atoms with Crippen LogP contribution in [0.15, 0.2) is 133 Å². The zero-order valence-electron chi connectivity index (χ0n) is 27.5. The summed E-state index contributed by atoms with van der Waals surface area (Å²) >= 11 is 0. The second kappa shape index (κ2) is 16.9. The Labute approximate surface area is 289 Å². The number of nitrogens with zero attached hydrogens (tertiary/aromatic N) is 6. The molecule has 0 spiro atoms. The Morgan fingerprint density at radius 2 is 0.680 bits per heavy atom. The molecule has 50 heavy (non-hydrogen) atoms. The summed E-state index contributed by atoms with van der Waals surface area (Å²) in [5, 5.41) is 29.2. The van der Waals surface area contributed by atoms with Crippen molar-refractivity contribution < 1.29 is 24.9 Å². The van der Waals surface area contributed by atoms with Crippen molar-refractivity contribution in [1.82, 2.24) is 0 Å². The number of fused-ring (bicyclic) bond motifs is 1. The van der Waals surface area contributed by atoms with Crippen LogP contribution >= 0.6 is 0 Å². The summed E-state index contributed by atoms with van der Waals surface area (Å²) in [5.74, 6) is 0.537. The fourth-order valence-corrected chi connectivity index (χ4v) is 5.60. The number of phenolic OH excluding ortho intramolecular Hbond substituents is 3. The summed E-state index contributed by atoms with van der Waals surface area (Å²) in [6.45, 7) is 6.51. The fraction of sp³-hybridized carbons (Fsp3) is 0.128. The number of hydrogen-bond acceptors (Lipinski definition) is 5. The van der Waals surface area contributed by atoms with Crippen LogP contribution in [0.3, 0.4) is 0 Å². The molecule has 3 N–H and O–H groups in total. The summed E-state index contributed by atoms with van der Waals surface area (Å²) in [6, 6.07) is 37.4. The van der Waals surface area contributed by atoms with Crippen LogP contribution in [0.1, 0.15) is 69.3 Å². The van der Waals surface area contributed by atoms with E-state index >= 15 is 0 Å². The van der Waals surface area contributed by atoms with E-state index in [1.165, 1.54) is 27.5 Å². The van der Waals surface area contributed by atoms with Gasteiger partial charge in [-0.2, -0.15) is 0 Å². The van der Waals surface area contributed by atoms with Crippen LogP contribution in [0.25, 0.3) is 31.9 Å². The molecule has 252 valence electrons. The molecule has 0 fully saturated rings. The molecule has 0 saturated heterocycles. The van der Waals surface area contributed by atoms with Crippen molar-refractivity contribution in [2.24, 2.45) is 0 Å². The molecule has 11 nitrogen and oxygen atoms in total. The first kappa shape index (κ1) is 37.7. The first-order valence-corrected chi connectivity index (χ1v) is 15.2. The minimum Gasteiger partial charge on any atom is -0.508 e. The molecule has 0 radical (unpaired) electrons. The highest BCUT2D eigenvalue weighted by Crippen LogP contribution is 2.41. The van der Waals surface area contributed by atoms with Gasteiger partial charge in [0, 0.05) is 22.0 Å². The molecule has 0 heterocycles. The topological polar surface area (TPSA) is 212 Å². The van der Waals surface area contributed by atoms with Gasteiger partial charge in [0.05, 0.1) is 0 Å². The zero-order valence-corrected chi connectivity index (χ0v) is 27.5. The van der Waals surface area contributed by atoms with Gasteiger partial charge in [-0.3, -0.25) is 19.4 Å². The largest absolute Gasteiger partial charge is 0.508 e. The van der Waals surface area contributed by atoms with Crippen molar-refractivity contribution in [3.05, 3.63) is 204 Å². The van der Waals surface area contributed by atoms with Crippen LogP contribution in [-0.4, -0.2) is 26.9 Å². The Morgan fingerprint density at radius 3 is 0.980 bits per heavy atom. The highest BCUT2D eigenvalue weighted by atomic mass is 16.3. The number of rotatable bonds is 5. The molecule has 0 aliphatic heterocycles. The normalized spacial score (nSPS) is 11.5. The van der Waals surface area contributed by atoms with E-state index in [9.17, 15) is 24.9 Å². The Kier molecular flexibility index (Phi) is 12.7. The zero-order chi connectivity index (χ0) is 36.9. The lowest BCUT2D eigenvalue weighted by atomic mass is 9.70. The number of allylic oxidation sites excluding steroid dienone is 2. The highest BCUT2D eigenvalue weighted by Gasteiger charge is 2.32.